The van der Waals surface area contributed by atoms with E-state index in [0.717, 1.165) is 44.6 Å². The zero-order valence-electron chi connectivity index (χ0n) is 15.1. The van der Waals surface area contributed by atoms with Gasteiger partial charge in [-0.2, -0.15) is 0 Å². The van der Waals surface area contributed by atoms with Crippen LogP contribution in [0.25, 0.3) is 0 Å². The van der Waals surface area contributed by atoms with Gasteiger partial charge in [0.15, 0.2) is 6.61 Å². The standard InChI is InChI=1S/C22H26N2O2/c25-22(16-26-21-10-9-18-5-4-6-19(18)13-21)23-14-17-11-12-24(15-17)20-7-2-1-3-8-20/h1-3,7-10,13,17H,4-6,11-12,14-16H2,(H,23,25). The molecule has 1 saturated heterocycles. The number of ether oxygens (including phenoxy) is 1. The fourth-order valence-corrected chi connectivity index (χ4v) is 3.97. The van der Waals surface area contributed by atoms with Gasteiger partial charge >= 0.3 is 0 Å². The van der Waals surface area contributed by atoms with Crippen LogP contribution in [-0.4, -0.2) is 32.1 Å². The van der Waals surface area contributed by atoms with Crippen molar-refractivity contribution in [2.75, 3.05) is 31.1 Å². The summed E-state index contributed by atoms with van der Waals surface area (Å²) >= 11 is 0. The van der Waals surface area contributed by atoms with Gasteiger partial charge in [0, 0.05) is 25.3 Å². The molecule has 1 aliphatic heterocycles. The lowest BCUT2D eigenvalue weighted by Gasteiger charge is -2.18. The van der Waals surface area contributed by atoms with E-state index in [2.05, 4.69) is 46.6 Å². The average molecular weight is 350 g/mol. The van der Waals surface area contributed by atoms with E-state index in [9.17, 15) is 4.79 Å². The third-order valence-corrected chi connectivity index (χ3v) is 5.43. The van der Waals surface area contributed by atoms with Crippen molar-refractivity contribution < 1.29 is 9.53 Å². The number of hydrogen-bond donors (Lipinski definition) is 1. The fourth-order valence-electron chi connectivity index (χ4n) is 3.97. The monoisotopic (exact) mass is 350 g/mol. The highest BCUT2D eigenvalue weighted by Gasteiger charge is 2.23. The van der Waals surface area contributed by atoms with Crippen LogP contribution in [-0.2, 0) is 17.6 Å². The molecule has 1 unspecified atom stereocenters. The SMILES string of the molecule is O=C(COc1ccc2c(c1)CCC2)NCC1CCN(c2ccccc2)C1. The summed E-state index contributed by atoms with van der Waals surface area (Å²) in [5.74, 6) is 1.26. The van der Waals surface area contributed by atoms with E-state index in [-0.39, 0.29) is 12.5 Å². The zero-order valence-corrected chi connectivity index (χ0v) is 15.1. The summed E-state index contributed by atoms with van der Waals surface area (Å²) in [7, 11) is 0. The van der Waals surface area contributed by atoms with Crippen LogP contribution >= 0.6 is 0 Å². The van der Waals surface area contributed by atoms with Crippen molar-refractivity contribution in [1.29, 1.82) is 0 Å². The van der Waals surface area contributed by atoms with Gasteiger partial charge in [-0.1, -0.05) is 24.3 Å². The molecule has 2 aromatic carbocycles. The number of fused-ring (bicyclic) bond motifs is 1. The number of amides is 1. The van der Waals surface area contributed by atoms with Gasteiger partial charge in [-0.3, -0.25) is 4.79 Å². The first kappa shape index (κ1) is 17.0. The van der Waals surface area contributed by atoms with Crippen molar-refractivity contribution in [2.45, 2.75) is 25.7 Å². The first-order chi connectivity index (χ1) is 12.8. The Morgan fingerprint density at radius 3 is 2.85 bits per heavy atom. The molecule has 2 aliphatic rings. The summed E-state index contributed by atoms with van der Waals surface area (Å²) in [5.41, 5.74) is 4.06. The maximum atomic E-state index is 12.1. The van der Waals surface area contributed by atoms with Crippen LogP contribution in [0.15, 0.2) is 48.5 Å². The lowest BCUT2D eigenvalue weighted by Crippen LogP contribution is -2.34. The minimum absolute atomic E-state index is 0.0383. The number of benzene rings is 2. The number of nitrogens with zero attached hydrogens (tertiary/aromatic N) is 1. The number of carbonyl (C=O) groups excluding carboxylic acids is 1. The van der Waals surface area contributed by atoms with Crippen molar-refractivity contribution in [3.63, 3.8) is 0 Å². The number of rotatable bonds is 6. The van der Waals surface area contributed by atoms with Crippen LogP contribution in [0.1, 0.15) is 24.0 Å². The third-order valence-electron chi connectivity index (χ3n) is 5.43. The van der Waals surface area contributed by atoms with Crippen molar-refractivity contribution >= 4 is 11.6 Å². The second kappa shape index (κ2) is 7.81. The van der Waals surface area contributed by atoms with Crippen LogP contribution in [0, 0.1) is 5.92 Å². The van der Waals surface area contributed by atoms with Crippen molar-refractivity contribution in [1.82, 2.24) is 5.32 Å². The largest absolute Gasteiger partial charge is 0.484 e. The maximum absolute atomic E-state index is 12.1. The first-order valence-electron chi connectivity index (χ1n) is 9.59. The Morgan fingerprint density at radius 2 is 1.96 bits per heavy atom. The van der Waals surface area contributed by atoms with Crippen molar-refractivity contribution in [3.05, 3.63) is 59.7 Å². The predicted octanol–water partition coefficient (Wildman–Crippen LogP) is 3.20. The number of para-hydroxylation sites is 1. The molecule has 0 saturated carbocycles. The Kier molecular flexibility index (Phi) is 5.09. The molecule has 1 amide bonds. The van der Waals surface area contributed by atoms with Gasteiger partial charge in [-0.25, -0.2) is 0 Å². The highest BCUT2D eigenvalue weighted by atomic mass is 16.5. The summed E-state index contributed by atoms with van der Waals surface area (Å²) in [4.78, 5) is 14.5. The molecule has 4 nitrogen and oxygen atoms in total. The molecular formula is C22H26N2O2. The van der Waals surface area contributed by atoms with Gasteiger partial charge in [-0.05, 0) is 67.0 Å². The molecule has 1 fully saturated rings. The Morgan fingerprint density at radius 1 is 1.12 bits per heavy atom. The van der Waals surface area contributed by atoms with Gasteiger partial charge in [-0.15, -0.1) is 0 Å². The second-order valence-corrected chi connectivity index (χ2v) is 7.31. The third kappa shape index (κ3) is 4.01. The van der Waals surface area contributed by atoms with E-state index in [1.54, 1.807) is 0 Å². The van der Waals surface area contributed by atoms with Crippen LogP contribution in [0.4, 0.5) is 5.69 Å². The lowest BCUT2D eigenvalue weighted by molar-refractivity contribution is -0.123. The summed E-state index contributed by atoms with van der Waals surface area (Å²) in [6.07, 6.45) is 4.62. The first-order valence-corrected chi connectivity index (χ1v) is 9.59. The van der Waals surface area contributed by atoms with E-state index in [1.165, 1.54) is 23.2 Å². The van der Waals surface area contributed by atoms with E-state index >= 15 is 0 Å². The molecular weight excluding hydrogens is 324 g/mol. The summed E-state index contributed by atoms with van der Waals surface area (Å²) in [6, 6.07) is 16.7. The minimum atomic E-state index is -0.0383. The van der Waals surface area contributed by atoms with E-state index in [1.807, 2.05) is 12.1 Å². The molecule has 4 rings (SSSR count). The van der Waals surface area contributed by atoms with Crippen molar-refractivity contribution in [3.8, 4) is 5.75 Å². The molecule has 1 atom stereocenters. The van der Waals surface area contributed by atoms with Crippen LogP contribution < -0.4 is 15.0 Å². The number of carbonyl (C=O) groups is 1. The molecule has 1 aliphatic carbocycles. The van der Waals surface area contributed by atoms with Gasteiger partial charge in [0.25, 0.3) is 5.91 Å². The zero-order chi connectivity index (χ0) is 17.8. The molecule has 1 heterocycles. The Hall–Kier alpha value is -2.49. The summed E-state index contributed by atoms with van der Waals surface area (Å²) in [6.45, 7) is 2.86. The van der Waals surface area contributed by atoms with Crippen LogP contribution in [0.5, 0.6) is 5.75 Å². The Labute approximate surface area is 155 Å². The molecule has 26 heavy (non-hydrogen) atoms. The predicted molar refractivity (Wildman–Crippen MR) is 104 cm³/mol. The van der Waals surface area contributed by atoms with Crippen molar-refractivity contribution in [2.24, 2.45) is 5.92 Å². The average Bonchev–Trinajstić information content (AvgIpc) is 3.34. The van der Waals surface area contributed by atoms with Gasteiger partial charge < -0.3 is 15.0 Å². The van der Waals surface area contributed by atoms with Gasteiger partial charge in [0.2, 0.25) is 0 Å². The number of nitrogens with one attached hydrogen (secondary N) is 1. The fraction of sp³-hybridized carbons (Fsp3) is 0.409. The maximum Gasteiger partial charge on any atom is 0.257 e. The molecule has 4 heteroatoms. The van der Waals surface area contributed by atoms with Crippen LogP contribution in [0.3, 0.4) is 0 Å². The molecule has 0 aromatic heterocycles. The Bertz CT molecular complexity index is 760. The van der Waals surface area contributed by atoms with Crippen LogP contribution in [0.2, 0.25) is 0 Å². The Balaban J connectivity index is 1.20. The highest BCUT2D eigenvalue weighted by molar-refractivity contribution is 5.77. The van der Waals surface area contributed by atoms with E-state index in [0.29, 0.717) is 5.92 Å². The lowest BCUT2D eigenvalue weighted by atomic mass is 10.1. The van der Waals surface area contributed by atoms with E-state index in [4.69, 9.17) is 4.74 Å². The van der Waals surface area contributed by atoms with Gasteiger partial charge in [0.05, 0.1) is 0 Å². The van der Waals surface area contributed by atoms with Gasteiger partial charge in [0.1, 0.15) is 5.75 Å². The number of anilines is 1. The smallest absolute Gasteiger partial charge is 0.257 e. The second-order valence-electron chi connectivity index (χ2n) is 7.31. The molecule has 1 N–H and O–H groups in total. The number of aryl methyl sites for hydroxylation is 2. The molecule has 0 spiro atoms. The summed E-state index contributed by atoms with van der Waals surface area (Å²) in [5, 5.41) is 3.03. The molecule has 0 bridgehead atoms. The minimum Gasteiger partial charge on any atom is -0.484 e. The van der Waals surface area contributed by atoms with E-state index < -0.39 is 0 Å². The molecule has 136 valence electrons. The quantitative estimate of drug-likeness (QED) is 0.870. The topological polar surface area (TPSA) is 41.6 Å². The normalized spacial score (nSPS) is 18.6. The molecule has 0 radical (unpaired) electrons. The highest BCUT2D eigenvalue weighted by Crippen LogP contribution is 2.26. The number of hydrogen-bond acceptors (Lipinski definition) is 3. The molecule has 2 aromatic rings. The summed E-state index contributed by atoms with van der Waals surface area (Å²) < 4.78 is 5.68.